The number of nitrogens with one attached hydrogen (secondary N) is 1. The van der Waals surface area contributed by atoms with Gasteiger partial charge in [-0.25, -0.2) is 9.59 Å². The molecule has 4 rings (SSSR count). The van der Waals surface area contributed by atoms with E-state index in [9.17, 15) is 9.59 Å². The molecule has 1 aromatic heterocycles. The molecule has 2 amide bonds. The number of alkyl carbamates (subject to hydrolysis) is 1. The Balaban J connectivity index is 1.53. The van der Waals surface area contributed by atoms with Gasteiger partial charge in [-0.1, -0.05) is 5.16 Å². The highest BCUT2D eigenvalue weighted by Gasteiger charge is 2.33. The van der Waals surface area contributed by atoms with Crippen LogP contribution in [0.2, 0.25) is 0 Å². The average molecular weight is 357 g/mol. The van der Waals surface area contributed by atoms with Crippen molar-refractivity contribution in [2.75, 3.05) is 25.1 Å². The van der Waals surface area contributed by atoms with Crippen LogP contribution >= 0.6 is 0 Å². The number of aryl methyl sites for hydroxylation is 2. The van der Waals surface area contributed by atoms with Gasteiger partial charge in [0, 0.05) is 16.8 Å². The van der Waals surface area contributed by atoms with Gasteiger partial charge in [0.1, 0.15) is 6.10 Å². The van der Waals surface area contributed by atoms with Crippen LogP contribution in [0.5, 0.6) is 0 Å². The highest BCUT2D eigenvalue weighted by atomic mass is 16.6. The number of amides is 2. The third kappa shape index (κ3) is 2.98. The Labute approximate surface area is 150 Å². The van der Waals surface area contributed by atoms with Gasteiger partial charge < -0.3 is 19.3 Å². The van der Waals surface area contributed by atoms with Crippen LogP contribution in [0.25, 0.3) is 11.3 Å². The van der Waals surface area contributed by atoms with Crippen molar-refractivity contribution in [2.24, 2.45) is 0 Å². The van der Waals surface area contributed by atoms with Gasteiger partial charge in [-0.2, -0.15) is 0 Å². The second-order valence-electron chi connectivity index (χ2n) is 6.36. The molecule has 1 aliphatic carbocycles. The third-order valence-corrected chi connectivity index (χ3v) is 4.72. The van der Waals surface area contributed by atoms with Crippen LogP contribution in [-0.4, -0.2) is 43.6 Å². The zero-order valence-corrected chi connectivity index (χ0v) is 14.4. The number of cyclic esters (lactones) is 1. The molecule has 1 aliphatic heterocycles. The number of rotatable bonds is 3. The SMILES string of the molecule is COC(=O)NCC1CN(c2ccc3c(c2)CCCc2cnoc2-3)C(=O)O1. The molecule has 1 unspecified atom stereocenters. The predicted octanol–water partition coefficient (Wildman–Crippen LogP) is 2.51. The van der Waals surface area contributed by atoms with Gasteiger partial charge in [0.05, 0.1) is 26.4 Å². The lowest BCUT2D eigenvalue weighted by Crippen LogP contribution is -2.34. The van der Waals surface area contributed by atoms with E-state index in [1.165, 1.54) is 7.11 Å². The summed E-state index contributed by atoms with van der Waals surface area (Å²) in [6.45, 7) is 0.580. The number of carbonyl (C=O) groups excluding carboxylic acids is 2. The van der Waals surface area contributed by atoms with Crippen LogP contribution in [0.1, 0.15) is 17.5 Å². The Kier molecular flexibility index (Phi) is 4.24. The summed E-state index contributed by atoms with van der Waals surface area (Å²) in [5.74, 6) is 0.813. The van der Waals surface area contributed by atoms with Crippen molar-refractivity contribution in [3.05, 3.63) is 35.5 Å². The second kappa shape index (κ2) is 6.70. The fourth-order valence-corrected chi connectivity index (χ4v) is 3.41. The maximum absolute atomic E-state index is 12.2. The summed E-state index contributed by atoms with van der Waals surface area (Å²) in [6, 6.07) is 5.85. The van der Waals surface area contributed by atoms with Crippen molar-refractivity contribution in [3.8, 4) is 11.3 Å². The van der Waals surface area contributed by atoms with Crippen molar-refractivity contribution < 1.29 is 23.6 Å². The number of nitrogens with zero attached hydrogens (tertiary/aromatic N) is 2. The van der Waals surface area contributed by atoms with Crippen LogP contribution in [0.4, 0.5) is 15.3 Å². The Morgan fingerprint density at radius 1 is 1.38 bits per heavy atom. The van der Waals surface area contributed by atoms with Gasteiger partial charge in [-0.3, -0.25) is 4.90 Å². The first kappa shape index (κ1) is 16.4. The van der Waals surface area contributed by atoms with Crippen LogP contribution in [-0.2, 0) is 22.3 Å². The lowest BCUT2D eigenvalue weighted by Gasteiger charge is -2.15. The molecular formula is C18H19N3O5. The molecule has 8 heteroatoms. The number of fused-ring (bicyclic) bond motifs is 3. The summed E-state index contributed by atoms with van der Waals surface area (Å²) in [7, 11) is 1.29. The lowest BCUT2D eigenvalue weighted by atomic mass is 10.0. The molecule has 0 bridgehead atoms. The van der Waals surface area contributed by atoms with Gasteiger partial charge in [0.15, 0.2) is 5.76 Å². The number of aromatic nitrogens is 1. The second-order valence-corrected chi connectivity index (χ2v) is 6.36. The van der Waals surface area contributed by atoms with E-state index in [4.69, 9.17) is 9.26 Å². The van der Waals surface area contributed by atoms with E-state index in [0.29, 0.717) is 6.54 Å². The molecule has 1 saturated heterocycles. The van der Waals surface area contributed by atoms with E-state index in [1.807, 2.05) is 18.2 Å². The third-order valence-electron chi connectivity index (χ3n) is 4.72. The quantitative estimate of drug-likeness (QED) is 0.907. The maximum atomic E-state index is 12.2. The monoisotopic (exact) mass is 357 g/mol. The number of carbonyl (C=O) groups is 2. The minimum atomic E-state index is -0.549. The van der Waals surface area contributed by atoms with Crippen LogP contribution < -0.4 is 10.2 Å². The summed E-state index contributed by atoms with van der Waals surface area (Å²) >= 11 is 0. The van der Waals surface area contributed by atoms with Crippen molar-refractivity contribution >= 4 is 17.9 Å². The molecule has 0 saturated carbocycles. The summed E-state index contributed by atoms with van der Waals surface area (Å²) in [4.78, 5) is 25.0. The van der Waals surface area contributed by atoms with E-state index in [0.717, 1.165) is 47.4 Å². The van der Waals surface area contributed by atoms with Gasteiger partial charge >= 0.3 is 12.2 Å². The fraction of sp³-hybridized carbons (Fsp3) is 0.389. The number of ether oxygens (including phenoxy) is 2. The van der Waals surface area contributed by atoms with Crippen molar-refractivity contribution in [3.63, 3.8) is 0 Å². The van der Waals surface area contributed by atoms with E-state index in [1.54, 1.807) is 11.1 Å². The Morgan fingerprint density at radius 3 is 3.08 bits per heavy atom. The number of hydrogen-bond acceptors (Lipinski definition) is 6. The number of methoxy groups -OCH3 is 1. The van der Waals surface area contributed by atoms with Crippen LogP contribution in [0.3, 0.4) is 0 Å². The summed E-state index contributed by atoms with van der Waals surface area (Å²) < 4.78 is 15.3. The topological polar surface area (TPSA) is 93.9 Å². The highest BCUT2D eigenvalue weighted by Crippen LogP contribution is 2.35. The zero-order valence-electron chi connectivity index (χ0n) is 14.4. The number of anilines is 1. The van der Waals surface area contributed by atoms with Gasteiger partial charge in [0.2, 0.25) is 0 Å². The van der Waals surface area contributed by atoms with E-state index >= 15 is 0 Å². The highest BCUT2D eigenvalue weighted by molar-refractivity contribution is 5.90. The van der Waals surface area contributed by atoms with Crippen LogP contribution in [0.15, 0.2) is 28.9 Å². The largest absolute Gasteiger partial charge is 0.453 e. The van der Waals surface area contributed by atoms with Gasteiger partial charge in [-0.05, 0) is 43.0 Å². The first-order valence-corrected chi connectivity index (χ1v) is 8.52. The molecule has 2 heterocycles. The fourth-order valence-electron chi connectivity index (χ4n) is 3.41. The average Bonchev–Trinajstić information content (AvgIpc) is 3.22. The van der Waals surface area contributed by atoms with Crippen molar-refractivity contribution in [1.82, 2.24) is 10.5 Å². The summed E-state index contributed by atoms with van der Waals surface area (Å²) in [6.07, 6.45) is 3.22. The van der Waals surface area contributed by atoms with Gasteiger partial charge in [-0.15, -0.1) is 0 Å². The Hall–Kier alpha value is -3.03. The molecule has 136 valence electrons. The molecule has 1 fully saturated rings. The Morgan fingerprint density at radius 2 is 2.23 bits per heavy atom. The number of hydrogen-bond donors (Lipinski definition) is 1. The minimum absolute atomic E-state index is 0.210. The predicted molar refractivity (Wildman–Crippen MR) is 92.0 cm³/mol. The molecule has 2 aliphatic rings. The van der Waals surface area contributed by atoms with Crippen molar-refractivity contribution in [2.45, 2.75) is 25.4 Å². The van der Waals surface area contributed by atoms with E-state index in [-0.39, 0.29) is 6.54 Å². The molecule has 1 N–H and O–H groups in total. The summed E-state index contributed by atoms with van der Waals surface area (Å²) in [5.41, 5.74) is 4.04. The van der Waals surface area contributed by atoms with Crippen molar-refractivity contribution in [1.29, 1.82) is 0 Å². The maximum Gasteiger partial charge on any atom is 0.414 e. The first-order valence-electron chi connectivity index (χ1n) is 8.52. The molecule has 0 spiro atoms. The molecule has 2 aromatic rings. The normalized spacial score (nSPS) is 18.6. The zero-order chi connectivity index (χ0) is 18.1. The molecule has 0 radical (unpaired) electrons. The Bertz CT molecular complexity index is 847. The minimum Gasteiger partial charge on any atom is -0.453 e. The lowest BCUT2D eigenvalue weighted by molar-refractivity contribution is 0.132. The molecule has 1 atom stereocenters. The standard InChI is InChI=1S/C18H19N3O5/c1-24-17(22)19-9-14-10-21(18(23)25-14)13-5-6-15-11(7-13)3-2-4-12-8-20-26-16(12)15/h5-8,14H,2-4,9-10H2,1H3,(H,19,22). The number of benzene rings is 1. The van der Waals surface area contributed by atoms with E-state index in [2.05, 4.69) is 15.2 Å². The smallest absolute Gasteiger partial charge is 0.414 e. The molecular weight excluding hydrogens is 338 g/mol. The molecule has 8 nitrogen and oxygen atoms in total. The van der Waals surface area contributed by atoms with Crippen LogP contribution in [0, 0.1) is 0 Å². The summed E-state index contributed by atoms with van der Waals surface area (Å²) in [5, 5.41) is 6.45. The van der Waals surface area contributed by atoms with E-state index < -0.39 is 18.3 Å². The molecule has 26 heavy (non-hydrogen) atoms. The molecule has 1 aromatic carbocycles. The first-order chi connectivity index (χ1) is 12.7. The van der Waals surface area contributed by atoms with Gasteiger partial charge in [0.25, 0.3) is 0 Å².